The van der Waals surface area contributed by atoms with Gasteiger partial charge in [-0.1, -0.05) is 85.0 Å². The normalized spacial score (nSPS) is 28.4. The SMILES string of the molecule is Cc1ccc(C)c(N2CC=C[C@]34O[C@H]5C=CCN(c6ccccc6)C(=O)[C@H]5[C@H]3C(=O)N([C@H](CO)c3ccccc3)C4C2=O)c1. The maximum Gasteiger partial charge on any atom is 0.253 e. The number of rotatable bonds is 5. The first-order valence-electron chi connectivity index (χ1n) is 15.1. The second-order valence-corrected chi connectivity index (χ2v) is 12.1. The van der Waals surface area contributed by atoms with Gasteiger partial charge < -0.3 is 24.5 Å². The standard InChI is InChI=1S/C36H35N3O5/c1-23-16-17-24(2)27(21-23)38-20-10-18-36-31(30-29(44-36)15-9-19-37(33(30)41)26-13-7-4-8-14-26)34(42)39(32(36)35(38)43)28(22-40)25-11-5-3-6-12-25/h3-18,21,28-32,40H,19-20,22H2,1-2H3/t28-,29+,30-,31+,32?,36+/m1/s1. The first kappa shape index (κ1) is 28.3. The zero-order valence-electron chi connectivity index (χ0n) is 24.7. The Morgan fingerprint density at radius 3 is 2.30 bits per heavy atom. The minimum Gasteiger partial charge on any atom is -0.394 e. The summed E-state index contributed by atoms with van der Waals surface area (Å²) in [6, 6.07) is 22.7. The highest BCUT2D eigenvalue weighted by molar-refractivity contribution is 6.07. The van der Waals surface area contributed by atoms with Crippen molar-refractivity contribution in [2.45, 2.75) is 37.6 Å². The largest absolute Gasteiger partial charge is 0.394 e. The maximum absolute atomic E-state index is 14.9. The van der Waals surface area contributed by atoms with Crippen LogP contribution in [0.4, 0.5) is 11.4 Å². The number of para-hydroxylation sites is 1. The van der Waals surface area contributed by atoms with Crippen molar-refractivity contribution in [2.75, 3.05) is 29.5 Å². The van der Waals surface area contributed by atoms with Gasteiger partial charge in [-0.2, -0.15) is 0 Å². The predicted molar refractivity (Wildman–Crippen MR) is 167 cm³/mol. The summed E-state index contributed by atoms with van der Waals surface area (Å²) in [5.74, 6) is -2.72. The molecule has 0 aliphatic carbocycles. The average Bonchev–Trinajstić information content (AvgIpc) is 3.35. The molecule has 1 N–H and O–H groups in total. The summed E-state index contributed by atoms with van der Waals surface area (Å²) in [6.07, 6.45) is 6.79. The van der Waals surface area contributed by atoms with Crippen molar-refractivity contribution < 1.29 is 24.2 Å². The molecule has 4 aliphatic heterocycles. The number of likely N-dealkylation sites (tertiary alicyclic amines) is 1. The van der Waals surface area contributed by atoms with Crippen LogP contribution < -0.4 is 9.80 Å². The number of aliphatic hydroxyl groups is 1. The van der Waals surface area contributed by atoms with E-state index in [1.165, 1.54) is 4.90 Å². The number of carbonyl (C=O) groups is 3. The van der Waals surface area contributed by atoms with E-state index in [2.05, 4.69) is 0 Å². The van der Waals surface area contributed by atoms with Gasteiger partial charge in [0.2, 0.25) is 11.8 Å². The highest BCUT2D eigenvalue weighted by Crippen LogP contribution is 2.55. The molecule has 3 amide bonds. The first-order chi connectivity index (χ1) is 21.4. The smallest absolute Gasteiger partial charge is 0.253 e. The fourth-order valence-electron chi connectivity index (χ4n) is 7.51. The molecule has 3 aromatic carbocycles. The number of carbonyl (C=O) groups excluding carboxylic acids is 3. The minimum atomic E-state index is -1.40. The maximum atomic E-state index is 14.9. The predicted octanol–water partition coefficient (Wildman–Crippen LogP) is 4.12. The second-order valence-electron chi connectivity index (χ2n) is 12.1. The first-order valence-corrected chi connectivity index (χ1v) is 15.1. The van der Waals surface area contributed by atoms with Crippen molar-refractivity contribution in [2.24, 2.45) is 11.8 Å². The Morgan fingerprint density at radius 1 is 0.864 bits per heavy atom. The molecule has 44 heavy (non-hydrogen) atoms. The van der Waals surface area contributed by atoms with Crippen LogP contribution in [0.15, 0.2) is 103 Å². The molecule has 8 nitrogen and oxygen atoms in total. The van der Waals surface area contributed by atoms with Gasteiger partial charge in [0.1, 0.15) is 11.6 Å². The highest BCUT2D eigenvalue weighted by atomic mass is 16.5. The third-order valence-electron chi connectivity index (χ3n) is 9.51. The summed E-state index contributed by atoms with van der Waals surface area (Å²) in [5.41, 5.74) is 2.72. The molecule has 4 aliphatic rings. The van der Waals surface area contributed by atoms with E-state index in [0.29, 0.717) is 12.1 Å². The second kappa shape index (κ2) is 10.9. The van der Waals surface area contributed by atoms with Gasteiger partial charge in [0.05, 0.1) is 30.6 Å². The summed E-state index contributed by atoms with van der Waals surface area (Å²) >= 11 is 0. The van der Waals surface area contributed by atoms with Crippen LogP contribution >= 0.6 is 0 Å². The highest BCUT2D eigenvalue weighted by Gasteiger charge is 2.72. The summed E-state index contributed by atoms with van der Waals surface area (Å²) in [5, 5.41) is 10.8. The number of nitrogens with zero attached hydrogens (tertiary/aromatic N) is 3. The zero-order valence-corrected chi connectivity index (χ0v) is 24.7. The molecule has 2 saturated heterocycles. The molecule has 0 aromatic heterocycles. The lowest BCUT2D eigenvalue weighted by Crippen LogP contribution is -2.56. The summed E-state index contributed by atoms with van der Waals surface area (Å²) in [4.78, 5) is 49.0. The Balaban J connectivity index is 1.39. The van der Waals surface area contributed by atoms with E-state index in [0.717, 1.165) is 22.5 Å². The van der Waals surface area contributed by atoms with Gasteiger partial charge in [0, 0.05) is 24.5 Å². The number of hydrogen-bond acceptors (Lipinski definition) is 5. The van der Waals surface area contributed by atoms with Gasteiger partial charge >= 0.3 is 0 Å². The molecule has 6 atom stereocenters. The van der Waals surface area contributed by atoms with Crippen molar-refractivity contribution in [1.29, 1.82) is 0 Å². The number of ether oxygens (including phenoxy) is 1. The molecule has 1 spiro atoms. The van der Waals surface area contributed by atoms with Crippen LogP contribution in [-0.2, 0) is 19.1 Å². The van der Waals surface area contributed by atoms with Gasteiger partial charge in [-0.25, -0.2) is 0 Å². The Kier molecular flexibility index (Phi) is 6.98. The van der Waals surface area contributed by atoms with E-state index in [9.17, 15) is 19.5 Å². The van der Waals surface area contributed by atoms with Crippen LogP contribution in [0, 0.1) is 25.7 Å². The lowest BCUT2D eigenvalue weighted by Gasteiger charge is -2.39. The fraction of sp³-hybridized carbons (Fsp3) is 0.306. The molecule has 0 bridgehead atoms. The van der Waals surface area contributed by atoms with Crippen molar-refractivity contribution in [3.05, 3.63) is 120 Å². The van der Waals surface area contributed by atoms with Gasteiger partial charge in [0.15, 0.2) is 0 Å². The Labute approximate surface area is 256 Å². The Hall–Kier alpha value is -4.53. The number of aryl methyl sites for hydroxylation is 2. The third-order valence-corrected chi connectivity index (χ3v) is 9.51. The van der Waals surface area contributed by atoms with E-state index in [1.54, 1.807) is 9.80 Å². The topological polar surface area (TPSA) is 90.4 Å². The van der Waals surface area contributed by atoms with Crippen molar-refractivity contribution in [1.82, 2.24) is 4.90 Å². The van der Waals surface area contributed by atoms with Crippen LogP contribution in [0.25, 0.3) is 0 Å². The molecular weight excluding hydrogens is 554 g/mol. The van der Waals surface area contributed by atoms with Gasteiger partial charge in [-0.05, 0) is 48.7 Å². The summed E-state index contributed by atoms with van der Waals surface area (Å²) < 4.78 is 6.82. The lowest BCUT2D eigenvalue weighted by atomic mass is 9.77. The van der Waals surface area contributed by atoms with Crippen LogP contribution in [0.1, 0.15) is 22.7 Å². The zero-order chi connectivity index (χ0) is 30.6. The van der Waals surface area contributed by atoms with E-state index in [-0.39, 0.29) is 24.3 Å². The van der Waals surface area contributed by atoms with Crippen LogP contribution in [-0.4, -0.2) is 65.2 Å². The van der Waals surface area contributed by atoms with Gasteiger partial charge in [0.25, 0.3) is 5.91 Å². The molecule has 0 radical (unpaired) electrons. The van der Waals surface area contributed by atoms with Crippen molar-refractivity contribution in [3.63, 3.8) is 0 Å². The summed E-state index contributed by atoms with van der Waals surface area (Å²) in [6.45, 7) is 4.17. The number of aliphatic hydroxyl groups excluding tert-OH is 1. The lowest BCUT2D eigenvalue weighted by molar-refractivity contribution is -0.144. The number of anilines is 2. The van der Waals surface area contributed by atoms with Crippen molar-refractivity contribution in [3.8, 4) is 0 Å². The van der Waals surface area contributed by atoms with Gasteiger partial charge in [-0.3, -0.25) is 14.4 Å². The van der Waals surface area contributed by atoms with E-state index in [1.807, 2.05) is 117 Å². The van der Waals surface area contributed by atoms with Gasteiger partial charge in [-0.15, -0.1) is 0 Å². The summed E-state index contributed by atoms with van der Waals surface area (Å²) in [7, 11) is 0. The fourth-order valence-corrected chi connectivity index (χ4v) is 7.51. The Bertz CT molecular complexity index is 1670. The minimum absolute atomic E-state index is 0.223. The molecule has 8 heteroatoms. The average molecular weight is 590 g/mol. The number of benzene rings is 3. The molecule has 224 valence electrons. The molecule has 7 rings (SSSR count). The van der Waals surface area contributed by atoms with Crippen LogP contribution in [0.3, 0.4) is 0 Å². The van der Waals surface area contributed by atoms with Crippen LogP contribution in [0.5, 0.6) is 0 Å². The molecule has 2 fully saturated rings. The van der Waals surface area contributed by atoms with Crippen LogP contribution in [0.2, 0.25) is 0 Å². The monoisotopic (exact) mass is 589 g/mol. The molecule has 0 saturated carbocycles. The van der Waals surface area contributed by atoms with E-state index >= 15 is 0 Å². The number of hydrogen-bond donors (Lipinski definition) is 1. The van der Waals surface area contributed by atoms with E-state index in [4.69, 9.17) is 4.74 Å². The quantitative estimate of drug-likeness (QED) is 0.453. The van der Waals surface area contributed by atoms with E-state index < -0.39 is 42.2 Å². The Morgan fingerprint density at radius 2 is 1.57 bits per heavy atom. The molecule has 4 heterocycles. The number of fused-ring (bicyclic) bond motifs is 2. The molecular formula is C36H35N3O5. The number of amides is 3. The molecule has 1 unspecified atom stereocenters. The van der Waals surface area contributed by atoms with Crippen molar-refractivity contribution >= 4 is 29.1 Å². The molecule has 3 aromatic rings. The third kappa shape index (κ3) is 4.24.